The van der Waals surface area contributed by atoms with Gasteiger partial charge in [-0.2, -0.15) is 13.2 Å². The molecule has 4 aromatic rings. The first-order valence-corrected chi connectivity index (χ1v) is 15.9. The van der Waals surface area contributed by atoms with Crippen LogP contribution in [0, 0.1) is 0 Å². The molecule has 0 aliphatic carbocycles. The summed E-state index contributed by atoms with van der Waals surface area (Å²) in [6, 6.07) is 23.3. The molecule has 0 radical (unpaired) electrons. The van der Waals surface area contributed by atoms with Crippen molar-refractivity contribution in [2.45, 2.75) is 43.8 Å². The van der Waals surface area contributed by atoms with Crippen LogP contribution in [0.2, 0.25) is 10.0 Å². The van der Waals surface area contributed by atoms with Crippen LogP contribution in [0.4, 0.5) is 13.2 Å². The molecule has 1 heterocycles. The Morgan fingerprint density at radius 2 is 1.76 bits per heavy atom. The largest absolute Gasteiger partial charge is 0.494 e. The number of amides is 1. The number of ether oxygens (including phenoxy) is 2. The molecule has 5 rings (SSSR count). The summed E-state index contributed by atoms with van der Waals surface area (Å²) in [6.07, 6.45) is -5.16. The van der Waals surface area contributed by atoms with Gasteiger partial charge in [-0.05, 0) is 70.8 Å². The molecule has 49 heavy (non-hydrogen) atoms. The molecule has 0 saturated carbocycles. The molecule has 0 saturated heterocycles. The van der Waals surface area contributed by atoms with Crippen LogP contribution < -0.4 is 10.1 Å². The molecule has 0 bridgehead atoms. The molecule has 254 valence electrons. The van der Waals surface area contributed by atoms with Crippen molar-refractivity contribution in [1.82, 2.24) is 5.32 Å². The number of hydrogen-bond donors (Lipinski definition) is 2. The van der Waals surface area contributed by atoms with Crippen molar-refractivity contribution in [2.75, 3.05) is 13.2 Å². The van der Waals surface area contributed by atoms with E-state index in [2.05, 4.69) is 15.3 Å². The van der Waals surface area contributed by atoms with E-state index in [0.29, 0.717) is 51.6 Å². The zero-order valence-corrected chi connectivity index (χ0v) is 27.3. The molecular weight excluding hydrogens is 682 g/mol. The van der Waals surface area contributed by atoms with Crippen LogP contribution in [0.15, 0.2) is 101 Å². The lowest BCUT2D eigenvalue weighted by atomic mass is 9.80. The molecule has 0 unspecified atom stereocenters. The fourth-order valence-electron chi connectivity index (χ4n) is 5.40. The normalized spacial score (nSPS) is 17.1. The third-order valence-corrected chi connectivity index (χ3v) is 8.45. The van der Waals surface area contributed by atoms with Gasteiger partial charge in [0.2, 0.25) is 5.90 Å². The lowest BCUT2D eigenvalue weighted by Crippen LogP contribution is -2.50. The highest BCUT2D eigenvalue weighted by molar-refractivity contribution is 6.35. The maximum Gasteiger partial charge on any atom is 0.416 e. The smallest absolute Gasteiger partial charge is 0.416 e. The van der Waals surface area contributed by atoms with Gasteiger partial charge in [-0.15, -0.1) is 0 Å². The molecule has 0 fully saturated rings. The third-order valence-electron chi connectivity index (χ3n) is 7.89. The second kappa shape index (κ2) is 15.7. The van der Waals surface area contributed by atoms with Gasteiger partial charge in [0.1, 0.15) is 5.75 Å². The molecule has 4 aromatic carbocycles. The highest BCUT2D eigenvalue weighted by Crippen LogP contribution is 2.45. The summed E-state index contributed by atoms with van der Waals surface area (Å²) < 4.78 is 51.7. The minimum absolute atomic E-state index is 0.00756. The van der Waals surface area contributed by atoms with Gasteiger partial charge in [0.25, 0.3) is 5.91 Å². The van der Waals surface area contributed by atoms with E-state index in [-0.39, 0.29) is 37.0 Å². The lowest BCUT2D eigenvalue weighted by Gasteiger charge is -2.32. The van der Waals surface area contributed by atoms with E-state index in [1.165, 1.54) is 18.2 Å². The van der Waals surface area contributed by atoms with E-state index >= 15 is 0 Å². The molecule has 1 amide bonds. The Morgan fingerprint density at radius 1 is 1.04 bits per heavy atom. The van der Waals surface area contributed by atoms with Crippen LogP contribution >= 0.6 is 23.2 Å². The molecule has 0 aromatic heterocycles. The minimum Gasteiger partial charge on any atom is -0.494 e. The van der Waals surface area contributed by atoms with Gasteiger partial charge in [0, 0.05) is 52.1 Å². The number of azide groups is 1. The van der Waals surface area contributed by atoms with Crippen molar-refractivity contribution < 1.29 is 32.5 Å². The predicted molar refractivity (Wildman–Crippen MR) is 179 cm³/mol. The molecule has 0 spiro atoms. The van der Waals surface area contributed by atoms with Crippen LogP contribution in [0.5, 0.6) is 5.75 Å². The fraction of sp³-hybridized carbons (Fsp3) is 0.257. The maximum atomic E-state index is 14.6. The topological polar surface area (TPSA) is 129 Å². The molecule has 14 heteroatoms. The Labute approximate surface area is 289 Å². The van der Waals surface area contributed by atoms with Crippen molar-refractivity contribution in [3.8, 4) is 5.75 Å². The van der Waals surface area contributed by atoms with E-state index in [0.717, 1.165) is 12.1 Å². The Hall–Kier alpha value is -4.74. The van der Waals surface area contributed by atoms with Gasteiger partial charge in [0.15, 0.2) is 11.6 Å². The predicted octanol–water partition coefficient (Wildman–Crippen LogP) is 8.40. The van der Waals surface area contributed by atoms with Gasteiger partial charge in [0.05, 0.1) is 18.7 Å². The molecule has 2 N–H and O–H groups in total. The van der Waals surface area contributed by atoms with E-state index in [9.17, 15) is 18.0 Å². The second-order valence-electron chi connectivity index (χ2n) is 11.2. The Morgan fingerprint density at radius 3 is 2.41 bits per heavy atom. The first kappa shape index (κ1) is 35.6. The van der Waals surface area contributed by atoms with Gasteiger partial charge in [-0.3, -0.25) is 4.79 Å². The Kier molecular flexibility index (Phi) is 11.4. The maximum absolute atomic E-state index is 14.6. The van der Waals surface area contributed by atoms with Crippen molar-refractivity contribution in [1.29, 1.82) is 0 Å². The summed E-state index contributed by atoms with van der Waals surface area (Å²) >= 11 is 12.9. The first-order chi connectivity index (χ1) is 23.5. The van der Waals surface area contributed by atoms with Crippen molar-refractivity contribution in [3.05, 3.63) is 145 Å². The van der Waals surface area contributed by atoms with Crippen LogP contribution in [0.1, 0.15) is 45.9 Å². The number of aliphatic imine (C=N–C) groups is 1. The van der Waals surface area contributed by atoms with Crippen LogP contribution in [-0.2, 0) is 35.2 Å². The molecule has 2 atom stereocenters. The summed E-state index contributed by atoms with van der Waals surface area (Å²) in [5.74, 6) is 0.108. The fourth-order valence-corrected chi connectivity index (χ4v) is 5.91. The van der Waals surface area contributed by atoms with Gasteiger partial charge < -0.3 is 19.9 Å². The molecule has 1 aliphatic rings. The summed E-state index contributed by atoms with van der Waals surface area (Å²) in [5, 5.41) is 16.2. The second-order valence-corrected chi connectivity index (χ2v) is 12.0. The average molecular weight is 713 g/mol. The zero-order valence-electron chi connectivity index (χ0n) is 25.8. The number of carbonyl (C=O) groups excluding carboxylic acids is 1. The van der Waals surface area contributed by atoms with E-state index in [1.807, 2.05) is 0 Å². The summed E-state index contributed by atoms with van der Waals surface area (Å²) in [6.45, 7) is 0.219. The minimum atomic E-state index is -4.50. The number of nitrogens with one attached hydrogen (secondary N) is 1. The average Bonchev–Trinajstić information content (AvgIpc) is 3.47. The first-order valence-electron chi connectivity index (χ1n) is 15.1. The number of rotatable bonds is 13. The number of nitrogens with zero attached hydrogens (tertiary/aromatic N) is 4. The monoisotopic (exact) mass is 711 g/mol. The summed E-state index contributed by atoms with van der Waals surface area (Å²) in [4.78, 5) is 22.4. The van der Waals surface area contributed by atoms with E-state index in [1.54, 1.807) is 60.7 Å². The van der Waals surface area contributed by atoms with Crippen LogP contribution in [-0.4, -0.2) is 35.7 Å². The lowest BCUT2D eigenvalue weighted by molar-refractivity contribution is -0.137. The van der Waals surface area contributed by atoms with Crippen molar-refractivity contribution in [2.24, 2.45) is 10.1 Å². The number of hydrogen-bond acceptors (Lipinski definition) is 6. The van der Waals surface area contributed by atoms with Gasteiger partial charge in [-0.25, -0.2) is 4.99 Å². The SMILES string of the molecule is [N-]=[N+]=NCc1ccccc1C[C@@]1(C(=O)NCc2ccc(C(F)(F)F)cc2)N=C(c2ccc(OCCCO)cc2)O[C@@H]1c1ccc(Cl)cc1Cl. The van der Waals surface area contributed by atoms with E-state index < -0.39 is 29.3 Å². The summed E-state index contributed by atoms with van der Waals surface area (Å²) in [7, 11) is 0. The van der Waals surface area contributed by atoms with Gasteiger partial charge >= 0.3 is 6.18 Å². The van der Waals surface area contributed by atoms with Gasteiger partial charge in [-0.1, -0.05) is 70.8 Å². The number of alkyl halides is 3. The van der Waals surface area contributed by atoms with Crippen LogP contribution in [0.3, 0.4) is 0 Å². The Bertz CT molecular complexity index is 1870. The molecule has 9 nitrogen and oxygen atoms in total. The number of halogens is 5. The number of carbonyl (C=O) groups is 1. The summed E-state index contributed by atoms with van der Waals surface area (Å²) in [5.41, 5.74) is 9.19. The Balaban J connectivity index is 1.59. The van der Waals surface area contributed by atoms with E-state index in [4.69, 9.17) is 48.3 Å². The highest BCUT2D eigenvalue weighted by Gasteiger charge is 2.54. The van der Waals surface area contributed by atoms with Crippen LogP contribution in [0.25, 0.3) is 10.4 Å². The van der Waals surface area contributed by atoms with Crippen molar-refractivity contribution in [3.63, 3.8) is 0 Å². The zero-order chi connectivity index (χ0) is 35.0. The standard InChI is InChI=1S/C35H30Cl2F3N5O4/c36-27-12-15-29(30(37)18-27)31-34(19-24-4-1-2-5-25(24)21-43-45-41,33(47)42-20-22-6-10-26(11-7-22)35(38,39)40)44-32(49-31)23-8-13-28(14-9-23)48-17-3-16-46/h1-2,4-15,18,31,46H,3,16-17,19-21H2,(H,42,47)/t31-,34-/m1/s1. The van der Waals surface area contributed by atoms with Crippen molar-refractivity contribution >= 4 is 35.0 Å². The number of aliphatic hydroxyl groups is 1. The highest BCUT2D eigenvalue weighted by atomic mass is 35.5. The quantitative estimate of drug-likeness (QED) is 0.0624. The molecule has 1 aliphatic heterocycles. The number of benzene rings is 4. The number of aliphatic hydroxyl groups excluding tert-OH is 1. The molecular formula is C35H30Cl2F3N5O4. The third kappa shape index (κ3) is 8.47.